The minimum atomic E-state index is -3.36. The van der Waals surface area contributed by atoms with Crippen molar-refractivity contribution in [2.45, 2.75) is 43.5 Å². The van der Waals surface area contributed by atoms with Crippen LogP contribution in [0.25, 0.3) is 0 Å². The van der Waals surface area contributed by atoms with Gasteiger partial charge in [-0.1, -0.05) is 13.8 Å². The molecule has 7 heteroatoms. The highest BCUT2D eigenvalue weighted by Gasteiger charge is 2.26. The molecule has 0 fully saturated rings. The lowest BCUT2D eigenvalue weighted by molar-refractivity contribution is 0.416. The SMILES string of the molecule is CSCC(C)N(C)S(=O)(=O)c1ccc(CCNC(C)C)s1. The molecule has 1 rings (SSSR count). The molecule has 4 nitrogen and oxygen atoms in total. The van der Waals surface area contributed by atoms with Gasteiger partial charge in [-0.05, 0) is 31.7 Å². The smallest absolute Gasteiger partial charge is 0.252 e. The molecule has 0 aliphatic rings. The lowest BCUT2D eigenvalue weighted by Gasteiger charge is -2.22. The van der Waals surface area contributed by atoms with E-state index < -0.39 is 10.0 Å². The monoisotopic (exact) mass is 350 g/mol. The van der Waals surface area contributed by atoms with Crippen LogP contribution in [0, 0.1) is 0 Å². The molecule has 1 aromatic rings. The summed E-state index contributed by atoms with van der Waals surface area (Å²) in [5.41, 5.74) is 0. The third-order valence-corrected chi connectivity index (χ3v) is 7.62. The highest BCUT2D eigenvalue weighted by molar-refractivity contribution is 7.98. The van der Waals surface area contributed by atoms with Gasteiger partial charge >= 0.3 is 0 Å². The van der Waals surface area contributed by atoms with E-state index in [9.17, 15) is 8.42 Å². The fraction of sp³-hybridized carbons (Fsp3) is 0.714. The zero-order valence-electron chi connectivity index (χ0n) is 13.4. The molecular weight excluding hydrogens is 324 g/mol. The molecule has 122 valence electrons. The number of rotatable bonds is 9. The van der Waals surface area contributed by atoms with Crippen molar-refractivity contribution in [3.05, 3.63) is 17.0 Å². The van der Waals surface area contributed by atoms with Gasteiger partial charge in [0.2, 0.25) is 0 Å². The van der Waals surface area contributed by atoms with Crippen LogP contribution in [0.1, 0.15) is 25.6 Å². The predicted molar refractivity (Wildman–Crippen MR) is 94.0 cm³/mol. The third kappa shape index (κ3) is 5.56. The first kappa shape index (κ1) is 19.0. The van der Waals surface area contributed by atoms with Gasteiger partial charge in [-0.25, -0.2) is 8.42 Å². The largest absolute Gasteiger partial charge is 0.314 e. The molecular formula is C14H26N2O2S3. The predicted octanol–water partition coefficient (Wildman–Crippen LogP) is 2.66. The molecule has 0 aliphatic carbocycles. The second-order valence-electron chi connectivity index (χ2n) is 5.41. The Kier molecular flexibility index (Phi) is 7.70. The van der Waals surface area contributed by atoms with Crippen LogP contribution in [0.15, 0.2) is 16.3 Å². The summed E-state index contributed by atoms with van der Waals surface area (Å²) in [7, 11) is -1.70. The number of hydrogen-bond donors (Lipinski definition) is 1. The van der Waals surface area contributed by atoms with Crippen molar-refractivity contribution in [2.75, 3.05) is 25.6 Å². The van der Waals surface area contributed by atoms with E-state index in [0.717, 1.165) is 23.6 Å². The van der Waals surface area contributed by atoms with Gasteiger partial charge in [-0.15, -0.1) is 11.3 Å². The van der Waals surface area contributed by atoms with Crippen LogP contribution >= 0.6 is 23.1 Å². The molecule has 1 unspecified atom stereocenters. The van der Waals surface area contributed by atoms with Crippen molar-refractivity contribution in [3.63, 3.8) is 0 Å². The van der Waals surface area contributed by atoms with Crippen LogP contribution in [0.4, 0.5) is 0 Å². The lowest BCUT2D eigenvalue weighted by atomic mass is 10.3. The molecule has 21 heavy (non-hydrogen) atoms. The van der Waals surface area contributed by atoms with Crippen LogP contribution in [-0.2, 0) is 16.4 Å². The third-order valence-electron chi connectivity index (χ3n) is 3.22. The molecule has 0 radical (unpaired) electrons. The fourth-order valence-electron chi connectivity index (χ4n) is 1.84. The van der Waals surface area contributed by atoms with E-state index in [1.165, 1.54) is 15.6 Å². The molecule has 0 aliphatic heterocycles. The molecule has 0 saturated carbocycles. The molecule has 1 N–H and O–H groups in total. The van der Waals surface area contributed by atoms with E-state index in [-0.39, 0.29) is 6.04 Å². The Hall–Kier alpha value is -0.0800. The van der Waals surface area contributed by atoms with Crippen molar-refractivity contribution >= 4 is 33.1 Å². The topological polar surface area (TPSA) is 49.4 Å². The number of hydrogen-bond acceptors (Lipinski definition) is 5. The van der Waals surface area contributed by atoms with Gasteiger partial charge in [0.25, 0.3) is 10.0 Å². The summed E-state index contributed by atoms with van der Waals surface area (Å²) in [5, 5.41) is 3.34. The van der Waals surface area contributed by atoms with E-state index >= 15 is 0 Å². The summed E-state index contributed by atoms with van der Waals surface area (Å²) in [4.78, 5) is 1.10. The van der Waals surface area contributed by atoms with Gasteiger partial charge in [0.05, 0.1) is 0 Å². The minimum absolute atomic E-state index is 0.00171. The maximum absolute atomic E-state index is 12.6. The summed E-state index contributed by atoms with van der Waals surface area (Å²) >= 11 is 3.04. The minimum Gasteiger partial charge on any atom is -0.314 e. The highest BCUT2D eigenvalue weighted by Crippen LogP contribution is 2.26. The molecule has 0 saturated heterocycles. The maximum Gasteiger partial charge on any atom is 0.252 e. The Balaban J connectivity index is 2.74. The van der Waals surface area contributed by atoms with Crippen molar-refractivity contribution in [2.24, 2.45) is 0 Å². The Morgan fingerprint density at radius 3 is 2.57 bits per heavy atom. The molecule has 0 aromatic carbocycles. The Labute approximate surface area is 137 Å². The Morgan fingerprint density at radius 1 is 1.33 bits per heavy atom. The van der Waals surface area contributed by atoms with Crippen LogP contribution in [0.2, 0.25) is 0 Å². The van der Waals surface area contributed by atoms with Crippen LogP contribution in [0.5, 0.6) is 0 Å². The van der Waals surface area contributed by atoms with Gasteiger partial charge in [0, 0.05) is 36.3 Å². The van der Waals surface area contributed by atoms with E-state index in [4.69, 9.17) is 0 Å². The van der Waals surface area contributed by atoms with Crippen molar-refractivity contribution in [1.29, 1.82) is 0 Å². The summed E-state index contributed by atoms with van der Waals surface area (Å²) in [6.07, 6.45) is 2.85. The Bertz CT molecular complexity index is 526. The summed E-state index contributed by atoms with van der Waals surface area (Å²) in [6.45, 7) is 7.02. The number of thioether (sulfide) groups is 1. The molecule has 0 bridgehead atoms. The van der Waals surface area contributed by atoms with Crippen LogP contribution in [-0.4, -0.2) is 50.4 Å². The molecule has 1 atom stereocenters. The van der Waals surface area contributed by atoms with E-state index in [2.05, 4.69) is 19.2 Å². The molecule has 1 heterocycles. The average Bonchev–Trinajstić information content (AvgIpc) is 2.87. The lowest BCUT2D eigenvalue weighted by Crippen LogP contribution is -2.36. The highest BCUT2D eigenvalue weighted by atomic mass is 32.2. The number of thiophene rings is 1. The normalized spacial score (nSPS) is 14.0. The number of nitrogens with one attached hydrogen (secondary N) is 1. The standard InChI is InChI=1S/C14H26N2O2S3/c1-11(2)15-9-8-13-6-7-14(20-13)21(17,18)16(4)12(3)10-19-5/h6-7,11-12,15H,8-10H2,1-5H3. The summed E-state index contributed by atoms with van der Waals surface area (Å²) in [5.74, 6) is 0.798. The second-order valence-corrected chi connectivity index (χ2v) is 9.71. The van der Waals surface area contributed by atoms with Crippen LogP contribution in [0.3, 0.4) is 0 Å². The van der Waals surface area contributed by atoms with Gasteiger partial charge in [0.1, 0.15) is 4.21 Å². The van der Waals surface area contributed by atoms with Gasteiger partial charge < -0.3 is 5.32 Å². The van der Waals surface area contributed by atoms with Gasteiger partial charge in [-0.2, -0.15) is 16.1 Å². The van der Waals surface area contributed by atoms with E-state index in [1.807, 2.05) is 19.2 Å². The van der Waals surface area contributed by atoms with Crippen molar-refractivity contribution in [1.82, 2.24) is 9.62 Å². The second kappa shape index (κ2) is 8.53. The van der Waals surface area contributed by atoms with Crippen molar-refractivity contribution in [3.8, 4) is 0 Å². The zero-order valence-corrected chi connectivity index (χ0v) is 15.9. The summed E-state index contributed by atoms with van der Waals surface area (Å²) < 4.78 is 27.0. The average molecular weight is 351 g/mol. The maximum atomic E-state index is 12.6. The van der Waals surface area contributed by atoms with E-state index in [0.29, 0.717) is 10.3 Å². The first-order valence-corrected chi connectivity index (χ1v) is 10.7. The summed E-state index contributed by atoms with van der Waals surface area (Å²) in [6, 6.07) is 4.10. The molecule has 0 spiro atoms. The zero-order chi connectivity index (χ0) is 16.0. The first-order valence-electron chi connectivity index (χ1n) is 7.08. The fourth-order valence-corrected chi connectivity index (χ4v) is 5.54. The quantitative estimate of drug-likeness (QED) is 0.744. The number of nitrogens with zero attached hydrogens (tertiary/aromatic N) is 1. The molecule has 0 amide bonds. The van der Waals surface area contributed by atoms with Crippen LogP contribution < -0.4 is 5.32 Å². The first-order chi connectivity index (χ1) is 9.78. The molecule has 1 aromatic heterocycles. The Morgan fingerprint density at radius 2 is 2.00 bits per heavy atom. The van der Waals surface area contributed by atoms with Gasteiger partial charge in [0.15, 0.2) is 0 Å². The van der Waals surface area contributed by atoms with Gasteiger partial charge in [-0.3, -0.25) is 0 Å². The number of sulfonamides is 1. The van der Waals surface area contributed by atoms with E-state index in [1.54, 1.807) is 24.9 Å². The van der Waals surface area contributed by atoms with Crippen molar-refractivity contribution < 1.29 is 8.42 Å².